The highest BCUT2D eigenvalue weighted by molar-refractivity contribution is 5.64. The van der Waals surface area contributed by atoms with E-state index in [1.807, 2.05) is 6.07 Å². The van der Waals surface area contributed by atoms with Crippen LogP contribution < -0.4 is 10.6 Å². The molecule has 0 atom stereocenters. The molecular weight excluding hydrogens is 212 g/mol. The highest BCUT2D eigenvalue weighted by Gasteiger charge is 2.38. The molecule has 2 rings (SSSR count). The van der Waals surface area contributed by atoms with E-state index in [1.54, 1.807) is 12.1 Å². The number of halogens is 2. The van der Waals surface area contributed by atoms with Crippen LogP contribution in [0.3, 0.4) is 0 Å². The Morgan fingerprint density at radius 1 is 1.44 bits per heavy atom. The summed E-state index contributed by atoms with van der Waals surface area (Å²) in [5.74, 6) is -2.66. The van der Waals surface area contributed by atoms with Crippen molar-refractivity contribution in [1.82, 2.24) is 0 Å². The molecule has 1 aliphatic rings. The third-order valence-corrected chi connectivity index (χ3v) is 2.65. The van der Waals surface area contributed by atoms with Gasteiger partial charge in [0.15, 0.2) is 0 Å². The Kier molecular flexibility index (Phi) is 2.43. The summed E-state index contributed by atoms with van der Waals surface area (Å²) in [6.45, 7) is -0.0583. The molecule has 0 amide bonds. The topological polar surface area (TPSA) is 53.1 Å². The molecule has 0 saturated carbocycles. The summed E-state index contributed by atoms with van der Waals surface area (Å²) in [6, 6.07) is 6.72. The van der Waals surface area contributed by atoms with Crippen molar-refractivity contribution in [3.63, 3.8) is 0 Å². The molecule has 84 valence electrons. The number of anilines is 2. The van der Waals surface area contributed by atoms with Crippen LogP contribution in [0, 0.1) is 11.3 Å². The zero-order valence-electron chi connectivity index (χ0n) is 8.58. The smallest absolute Gasteiger partial charge is 0.266 e. The van der Waals surface area contributed by atoms with Crippen LogP contribution in [-0.4, -0.2) is 19.0 Å². The normalized spacial score (nSPS) is 18.4. The molecule has 16 heavy (non-hydrogen) atoms. The molecule has 1 heterocycles. The Labute approximate surface area is 92.1 Å². The van der Waals surface area contributed by atoms with Gasteiger partial charge in [-0.05, 0) is 18.2 Å². The number of hydrogen-bond acceptors (Lipinski definition) is 3. The SMILES string of the molecule is N#Cc1cc(N)ccc1N1CCC(F)(F)C1. The first-order valence-electron chi connectivity index (χ1n) is 4.94. The molecule has 2 N–H and O–H groups in total. The van der Waals surface area contributed by atoms with Crippen molar-refractivity contribution in [3.8, 4) is 6.07 Å². The third kappa shape index (κ3) is 1.91. The number of nitrogens with zero attached hydrogens (tertiary/aromatic N) is 2. The average Bonchev–Trinajstić information content (AvgIpc) is 2.58. The molecule has 0 bridgehead atoms. The van der Waals surface area contributed by atoms with Gasteiger partial charge < -0.3 is 10.6 Å². The fourth-order valence-electron chi connectivity index (χ4n) is 1.86. The van der Waals surface area contributed by atoms with Crippen LogP contribution in [0.2, 0.25) is 0 Å². The van der Waals surface area contributed by atoms with Crippen molar-refractivity contribution in [1.29, 1.82) is 5.26 Å². The molecule has 1 saturated heterocycles. The van der Waals surface area contributed by atoms with Crippen molar-refractivity contribution in [2.45, 2.75) is 12.3 Å². The van der Waals surface area contributed by atoms with Gasteiger partial charge in [0.2, 0.25) is 0 Å². The first kappa shape index (κ1) is 10.7. The lowest BCUT2D eigenvalue weighted by Crippen LogP contribution is -2.25. The van der Waals surface area contributed by atoms with Gasteiger partial charge in [-0.15, -0.1) is 0 Å². The molecule has 0 radical (unpaired) electrons. The van der Waals surface area contributed by atoms with E-state index in [2.05, 4.69) is 0 Å². The van der Waals surface area contributed by atoms with Gasteiger partial charge in [-0.3, -0.25) is 0 Å². The first-order valence-corrected chi connectivity index (χ1v) is 4.94. The van der Waals surface area contributed by atoms with E-state index < -0.39 is 5.92 Å². The van der Waals surface area contributed by atoms with Crippen LogP contribution in [0.1, 0.15) is 12.0 Å². The molecule has 1 fully saturated rings. The van der Waals surface area contributed by atoms with Gasteiger partial charge in [0, 0.05) is 18.7 Å². The van der Waals surface area contributed by atoms with Crippen molar-refractivity contribution in [2.24, 2.45) is 0 Å². The van der Waals surface area contributed by atoms with Crippen molar-refractivity contribution in [3.05, 3.63) is 23.8 Å². The molecule has 5 heteroatoms. The van der Waals surface area contributed by atoms with E-state index in [4.69, 9.17) is 11.0 Å². The van der Waals surface area contributed by atoms with Crippen LogP contribution in [0.5, 0.6) is 0 Å². The highest BCUT2D eigenvalue weighted by atomic mass is 19.3. The maximum atomic E-state index is 13.0. The zero-order valence-corrected chi connectivity index (χ0v) is 8.58. The molecule has 0 aromatic heterocycles. The molecule has 0 spiro atoms. The lowest BCUT2D eigenvalue weighted by molar-refractivity contribution is 0.0257. The predicted octanol–water partition coefficient (Wildman–Crippen LogP) is 1.99. The van der Waals surface area contributed by atoms with E-state index in [9.17, 15) is 8.78 Å². The Bertz CT molecular complexity index is 451. The summed E-state index contributed by atoms with van der Waals surface area (Å²) < 4.78 is 26.1. The maximum Gasteiger partial charge on any atom is 0.266 e. The zero-order chi connectivity index (χ0) is 11.8. The van der Waals surface area contributed by atoms with Crippen LogP contribution >= 0.6 is 0 Å². The lowest BCUT2D eigenvalue weighted by Gasteiger charge is -2.19. The fraction of sp³-hybridized carbons (Fsp3) is 0.364. The summed E-state index contributed by atoms with van der Waals surface area (Å²) in [4.78, 5) is 1.53. The third-order valence-electron chi connectivity index (χ3n) is 2.65. The first-order chi connectivity index (χ1) is 7.52. The molecule has 1 aromatic rings. The Morgan fingerprint density at radius 2 is 2.19 bits per heavy atom. The number of alkyl halides is 2. The fourth-order valence-corrected chi connectivity index (χ4v) is 1.86. The Hall–Kier alpha value is -1.83. The number of nitrogen functional groups attached to an aromatic ring is 1. The standard InChI is InChI=1S/C11H11F2N3/c12-11(13)3-4-16(7-11)10-2-1-9(15)5-8(10)6-14/h1-2,5H,3-4,7,15H2. The molecular formula is C11H11F2N3. The van der Waals surface area contributed by atoms with Crippen LogP contribution in [0.15, 0.2) is 18.2 Å². The van der Waals surface area contributed by atoms with Crippen LogP contribution in [0.25, 0.3) is 0 Å². The molecule has 3 nitrogen and oxygen atoms in total. The quantitative estimate of drug-likeness (QED) is 0.741. The van der Waals surface area contributed by atoms with Crippen molar-refractivity contribution < 1.29 is 8.78 Å². The van der Waals surface area contributed by atoms with Gasteiger partial charge in [-0.25, -0.2) is 8.78 Å². The van der Waals surface area contributed by atoms with E-state index >= 15 is 0 Å². The second-order valence-electron chi connectivity index (χ2n) is 3.92. The van der Waals surface area contributed by atoms with E-state index in [-0.39, 0.29) is 19.5 Å². The molecule has 1 aromatic carbocycles. The average molecular weight is 223 g/mol. The Balaban J connectivity index is 2.32. The van der Waals surface area contributed by atoms with Gasteiger partial charge in [-0.1, -0.05) is 0 Å². The predicted molar refractivity (Wildman–Crippen MR) is 57.3 cm³/mol. The minimum atomic E-state index is -2.66. The summed E-state index contributed by atoms with van der Waals surface area (Å²) in [5.41, 5.74) is 6.88. The number of nitrogens with two attached hydrogens (primary N) is 1. The van der Waals surface area contributed by atoms with Crippen molar-refractivity contribution >= 4 is 11.4 Å². The summed E-state index contributed by atoms with van der Waals surface area (Å²) >= 11 is 0. The highest BCUT2D eigenvalue weighted by Crippen LogP contribution is 2.32. The van der Waals surface area contributed by atoms with Gasteiger partial charge in [0.05, 0.1) is 17.8 Å². The van der Waals surface area contributed by atoms with Crippen LogP contribution in [0.4, 0.5) is 20.2 Å². The monoisotopic (exact) mass is 223 g/mol. The maximum absolute atomic E-state index is 13.0. The van der Waals surface area contributed by atoms with Gasteiger partial charge >= 0.3 is 0 Å². The van der Waals surface area contributed by atoms with Crippen LogP contribution in [-0.2, 0) is 0 Å². The number of benzene rings is 1. The molecule has 0 aliphatic carbocycles. The van der Waals surface area contributed by atoms with Gasteiger partial charge in [-0.2, -0.15) is 5.26 Å². The number of nitriles is 1. The molecule has 0 unspecified atom stereocenters. The summed E-state index contributed by atoms with van der Waals surface area (Å²) in [7, 11) is 0. The second-order valence-corrected chi connectivity index (χ2v) is 3.92. The minimum Gasteiger partial charge on any atom is -0.399 e. The van der Waals surface area contributed by atoms with E-state index in [0.717, 1.165) is 0 Å². The largest absolute Gasteiger partial charge is 0.399 e. The van der Waals surface area contributed by atoms with E-state index in [0.29, 0.717) is 16.9 Å². The van der Waals surface area contributed by atoms with Gasteiger partial charge in [0.1, 0.15) is 6.07 Å². The summed E-state index contributed by atoms with van der Waals surface area (Å²) in [6.07, 6.45) is -0.164. The Morgan fingerprint density at radius 3 is 2.75 bits per heavy atom. The van der Waals surface area contributed by atoms with Gasteiger partial charge in [0.25, 0.3) is 5.92 Å². The van der Waals surface area contributed by atoms with Crippen molar-refractivity contribution in [2.75, 3.05) is 23.7 Å². The number of rotatable bonds is 1. The second kappa shape index (κ2) is 3.63. The minimum absolute atomic E-state index is 0.164. The van der Waals surface area contributed by atoms with E-state index in [1.165, 1.54) is 11.0 Å². The molecule has 1 aliphatic heterocycles. The summed E-state index contributed by atoms with van der Waals surface area (Å²) in [5, 5.41) is 8.91. The lowest BCUT2D eigenvalue weighted by atomic mass is 10.1. The number of hydrogen-bond donors (Lipinski definition) is 1.